The molecule has 0 atom stereocenters. The molecule has 84 valence electrons. The largest absolute Gasteiger partial charge is 0.505 e. The van der Waals surface area contributed by atoms with Crippen molar-refractivity contribution < 1.29 is 9.52 Å². The number of aromatic hydroxyl groups is 1. The second kappa shape index (κ2) is 3.69. The third-order valence-corrected chi connectivity index (χ3v) is 3.48. The van der Waals surface area contributed by atoms with Crippen LogP contribution in [-0.2, 0) is 0 Å². The Balaban J connectivity index is 2.63. The van der Waals surface area contributed by atoms with Crippen LogP contribution in [0.25, 0.3) is 21.9 Å². The van der Waals surface area contributed by atoms with E-state index in [-0.39, 0.29) is 11.4 Å². The summed E-state index contributed by atoms with van der Waals surface area (Å²) >= 11 is 1.94. The number of hydrogen-bond donors (Lipinski definition) is 1. The van der Waals surface area contributed by atoms with Gasteiger partial charge >= 0.3 is 0 Å². The van der Waals surface area contributed by atoms with Gasteiger partial charge in [0, 0.05) is 5.39 Å². The second-order valence-electron chi connectivity index (χ2n) is 3.62. The molecule has 0 aliphatic heterocycles. The molecular formula is C12H6INO3. The summed E-state index contributed by atoms with van der Waals surface area (Å²) < 4.78 is 6.16. The smallest absolute Gasteiger partial charge is 0.162 e. The molecule has 3 aromatic rings. The summed E-state index contributed by atoms with van der Waals surface area (Å²) in [6.07, 6.45) is 0. The van der Waals surface area contributed by atoms with Crippen LogP contribution in [0.1, 0.15) is 0 Å². The van der Waals surface area contributed by atoms with E-state index in [4.69, 9.17) is 4.42 Å². The highest BCUT2D eigenvalue weighted by Gasteiger charge is 2.17. The number of halogens is 1. The maximum absolute atomic E-state index is 10.9. The van der Waals surface area contributed by atoms with E-state index in [0.29, 0.717) is 20.1 Å². The van der Waals surface area contributed by atoms with E-state index in [9.17, 15) is 10.0 Å². The first-order valence-corrected chi connectivity index (χ1v) is 5.96. The fraction of sp³-hybridized carbons (Fsp3) is 0. The molecule has 0 fully saturated rings. The number of nitroso groups, excluding NO2 is 1. The van der Waals surface area contributed by atoms with E-state index < -0.39 is 0 Å². The Kier molecular flexibility index (Phi) is 2.29. The minimum Gasteiger partial charge on any atom is -0.505 e. The molecule has 5 heteroatoms. The second-order valence-corrected chi connectivity index (χ2v) is 4.78. The van der Waals surface area contributed by atoms with E-state index in [1.807, 2.05) is 46.9 Å². The fourth-order valence-corrected chi connectivity index (χ4v) is 2.45. The van der Waals surface area contributed by atoms with Crippen molar-refractivity contribution in [3.05, 3.63) is 38.8 Å². The van der Waals surface area contributed by atoms with Crippen LogP contribution < -0.4 is 0 Å². The molecule has 0 radical (unpaired) electrons. The normalized spacial score (nSPS) is 11.1. The number of furan rings is 1. The van der Waals surface area contributed by atoms with E-state index >= 15 is 0 Å². The van der Waals surface area contributed by atoms with Gasteiger partial charge in [0.05, 0.1) is 8.96 Å². The van der Waals surface area contributed by atoms with Crippen LogP contribution in [0.3, 0.4) is 0 Å². The molecule has 17 heavy (non-hydrogen) atoms. The first-order valence-electron chi connectivity index (χ1n) is 4.88. The lowest BCUT2D eigenvalue weighted by atomic mass is 10.1. The van der Waals surface area contributed by atoms with Gasteiger partial charge in [-0.1, -0.05) is 18.2 Å². The number of benzene rings is 2. The summed E-state index contributed by atoms with van der Waals surface area (Å²) in [6, 6.07) is 9.04. The first kappa shape index (κ1) is 10.5. The average Bonchev–Trinajstić information content (AvgIpc) is 2.69. The van der Waals surface area contributed by atoms with E-state index in [1.165, 1.54) is 0 Å². The predicted octanol–water partition coefficient (Wildman–Crippen LogP) is 4.29. The third kappa shape index (κ3) is 1.42. The zero-order chi connectivity index (χ0) is 12.0. The van der Waals surface area contributed by atoms with Gasteiger partial charge in [0.1, 0.15) is 11.2 Å². The van der Waals surface area contributed by atoms with Gasteiger partial charge in [-0.05, 0) is 39.9 Å². The lowest BCUT2D eigenvalue weighted by molar-refractivity contribution is 0.473. The van der Waals surface area contributed by atoms with Crippen LogP contribution in [-0.4, -0.2) is 5.11 Å². The van der Waals surface area contributed by atoms with Gasteiger partial charge in [-0.3, -0.25) is 0 Å². The molecule has 0 bridgehead atoms. The van der Waals surface area contributed by atoms with Crippen LogP contribution >= 0.6 is 22.6 Å². The molecular weight excluding hydrogens is 333 g/mol. The Morgan fingerprint density at radius 1 is 1.24 bits per heavy atom. The molecule has 1 N–H and O–H groups in total. The maximum Gasteiger partial charge on any atom is 0.162 e. The van der Waals surface area contributed by atoms with Gasteiger partial charge in [-0.2, -0.15) is 0 Å². The highest BCUT2D eigenvalue weighted by molar-refractivity contribution is 14.1. The minimum atomic E-state index is -0.0975. The Labute approximate surface area is 109 Å². The average molecular weight is 339 g/mol. The molecule has 0 unspecified atom stereocenters. The summed E-state index contributed by atoms with van der Waals surface area (Å²) in [6.45, 7) is 0. The molecule has 3 rings (SSSR count). The Morgan fingerprint density at radius 3 is 2.76 bits per heavy atom. The summed E-state index contributed by atoms with van der Waals surface area (Å²) in [7, 11) is 0. The molecule has 0 saturated heterocycles. The Morgan fingerprint density at radius 2 is 2.00 bits per heavy atom. The highest BCUT2D eigenvalue weighted by Crippen LogP contribution is 2.43. The number of nitrogens with zero attached hydrogens (tertiary/aromatic N) is 1. The van der Waals surface area contributed by atoms with Crippen molar-refractivity contribution in [2.75, 3.05) is 0 Å². The van der Waals surface area contributed by atoms with Gasteiger partial charge < -0.3 is 9.52 Å². The summed E-state index contributed by atoms with van der Waals surface area (Å²) in [5.41, 5.74) is 1.27. The maximum atomic E-state index is 10.9. The van der Waals surface area contributed by atoms with Gasteiger partial charge in [0.15, 0.2) is 11.4 Å². The number of phenols is 1. The van der Waals surface area contributed by atoms with Crippen LogP contribution in [0.15, 0.2) is 39.9 Å². The molecule has 0 saturated carbocycles. The number of hydrogen-bond acceptors (Lipinski definition) is 4. The fourth-order valence-electron chi connectivity index (χ4n) is 1.91. The lowest BCUT2D eigenvalue weighted by Gasteiger charge is -2.00. The van der Waals surface area contributed by atoms with Gasteiger partial charge in [0.25, 0.3) is 0 Å². The van der Waals surface area contributed by atoms with Gasteiger partial charge in [0.2, 0.25) is 0 Å². The highest BCUT2D eigenvalue weighted by atomic mass is 127. The minimum absolute atomic E-state index is 0.0388. The molecule has 1 heterocycles. The van der Waals surface area contributed by atoms with Crippen LogP contribution in [0.2, 0.25) is 0 Å². The van der Waals surface area contributed by atoms with Crippen molar-refractivity contribution in [1.29, 1.82) is 0 Å². The topological polar surface area (TPSA) is 62.8 Å². The summed E-state index contributed by atoms with van der Waals surface area (Å²) in [5.74, 6) is -0.0975. The van der Waals surface area contributed by atoms with E-state index in [0.717, 1.165) is 5.39 Å². The van der Waals surface area contributed by atoms with Crippen molar-refractivity contribution in [3.8, 4) is 5.75 Å². The number of fused-ring (bicyclic) bond motifs is 3. The molecule has 4 nitrogen and oxygen atoms in total. The standard InChI is InChI=1S/C12H6INO3/c13-7-5-9-10(11(14-16)12(7)15)6-3-1-2-4-8(6)17-9/h1-5,15H. The van der Waals surface area contributed by atoms with Crippen molar-refractivity contribution >= 4 is 50.2 Å². The van der Waals surface area contributed by atoms with Crippen LogP contribution in [0.5, 0.6) is 5.75 Å². The molecule has 0 aliphatic carbocycles. The zero-order valence-corrected chi connectivity index (χ0v) is 10.6. The van der Waals surface area contributed by atoms with E-state index in [2.05, 4.69) is 5.18 Å². The third-order valence-electron chi connectivity index (χ3n) is 2.66. The number of phenolic OH excluding ortho intramolecular Hbond substituents is 1. The lowest BCUT2D eigenvalue weighted by Crippen LogP contribution is -1.76. The molecule has 0 amide bonds. The predicted molar refractivity (Wildman–Crippen MR) is 73.6 cm³/mol. The monoisotopic (exact) mass is 339 g/mol. The van der Waals surface area contributed by atoms with Crippen molar-refractivity contribution in [1.82, 2.24) is 0 Å². The van der Waals surface area contributed by atoms with Crippen LogP contribution in [0, 0.1) is 8.48 Å². The molecule has 2 aromatic carbocycles. The first-order chi connectivity index (χ1) is 8.22. The quantitative estimate of drug-likeness (QED) is 0.531. The number of para-hydroxylation sites is 1. The van der Waals surface area contributed by atoms with Gasteiger partial charge in [-0.25, -0.2) is 0 Å². The van der Waals surface area contributed by atoms with Crippen LogP contribution in [0.4, 0.5) is 5.69 Å². The number of rotatable bonds is 1. The van der Waals surface area contributed by atoms with E-state index in [1.54, 1.807) is 6.07 Å². The van der Waals surface area contributed by atoms with Crippen molar-refractivity contribution in [2.24, 2.45) is 5.18 Å². The Hall–Kier alpha value is -1.63. The molecule has 1 aromatic heterocycles. The van der Waals surface area contributed by atoms with Crippen molar-refractivity contribution in [2.45, 2.75) is 0 Å². The SMILES string of the molecule is O=Nc1c(O)c(I)cc2oc3ccccc3c12. The van der Waals surface area contributed by atoms with Crippen molar-refractivity contribution in [3.63, 3.8) is 0 Å². The Bertz CT molecular complexity index is 748. The van der Waals surface area contributed by atoms with Gasteiger partial charge in [-0.15, -0.1) is 4.91 Å². The molecule has 0 spiro atoms. The molecule has 0 aliphatic rings. The summed E-state index contributed by atoms with van der Waals surface area (Å²) in [4.78, 5) is 10.9. The zero-order valence-electron chi connectivity index (χ0n) is 8.48. The summed E-state index contributed by atoms with van der Waals surface area (Å²) in [5, 5.41) is 14.1.